The van der Waals surface area contributed by atoms with Crippen molar-refractivity contribution >= 4 is 0 Å². The fourth-order valence-corrected chi connectivity index (χ4v) is 2.12. The lowest BCUT2D eigenvalue weighted by Gasteiger charge is -2.35. The third-order valence-electron chi connectivity index (χ3n) is 3.11. The molecule has 1 fully saturated rings. The van der Waals surface area contributed by atoms with Crippen molar-refractivity contribution < 1.29 is 15.3 Å². The monoisotopic (exact) mass is 223 g/mol. The fourth-order valence-electron chi connectivity index (χ4n) is 2.12. The molecule has 0 amide bonds. The maximum atomic E-state index is 10.1. The molecular formula is C12H17NO3. The molecule has 4 nitrogen and oxygen atoms in total. The van der Waals surface area contributed by atoms with Gasteiger partial charge in [0.2, 0.25) is 0 Å². The number of rotatable bonds is 2. The van der Waals surface area contributed by atoms with Crippen LogP contribution in [0.4, 0.5) is 0 Å². The number of β-amino-alcohol motifs (C(OH)–C–C–N with tert-alkyl or cyclic N) is 1. The molecule has 4 atom stereocenters. The van der Waals surface area contributed by atoms with Crippen molar-refractivity contribution in [2.75, 3.05) is 13.1 Å². The molecule has 1 aliphatic heterocycles. The third-order valence-corrected chi connectivity index (χ3v) is 3.11. The molecule has 1 aromatic rings. The summed E-state index contributed by atoms with van der Waals surface area (Å²) in [5.41, 5.74) is 0.766. The minimum atomic E-state index is -0.878. The third kappa shape index (κ3) is 2.25. The Morgan fingerprint density at radius 3 is 2.50 bits per heavy atom. The summed E-state index contributed by atoms with van der Waals surface area (Å²) in [6.45, 7) is 0.882. The Hall–Kier alpha value is -0.940. The number of aliphatic hydroxyl groups excluding tert-OH is 3. The molecule has 4 N–H and O–H groups in total. The molecule has 4 heteroatoms. The second kappa shape index (κ2) is 4.93. The molecule has 0 radical (unpaired) electrons. The van der Waals surface area contributed by atoms with E-state index in [-0.39, 0.29) is 5.92 Å². The van der Waals surface area contributed by atoms with Crippen LogP contribution in [-0.4, -0.2) is 40.6 Å². The highest BCUT2D eigenvalue weighted by Gasteiger charge is 2.35. The Balaban J connectivity index is 2.12. The number of nitrogens with one attached hydrogen (secondary N) is 1. The topological polar surface area (TPSA) is 72.7 Å². The van der Waals surface area contributed by atoms with E-state index >= 15 is 0 Å². The predicted octanol–water partition coefficient (Wildman–Crippen LogP) is -0.339. The lowest BCUT2D eigenvalue weighted by Crippen LogP contribution is -2.52. The van der Waals surface area contributed by atoms with Crippen LogP contribution in [0.3, 0.4) is 0 Å². The normalized spacial score (nSPS) is 32.3. The minimum Gasteiger partial charge on any atom is -0.390 e. The van der Waals surface area contributed by atoms with Crippen LogP contribution in [0.2, 0.25) is 0 Å². The van der Waals surface area contributed by atoms with E-state index in [1.54, 1.807) is 0 Å². The molecule has 2 unspecified atom stereocenters. The van der Waals surface area contributed by atoms with Gasteiger partial charge in [0, 0.05) is 19.0 Å². The Labute approximate surface area is 94.5 Å². The maximum Gasteiger partial charge on any atom is 0.0927 e. The first kappa shape index (κ1) is 11.5. The first-order valence-corrected chi connectivity index (χ1v) is 5.50. The minimum absolute atomic E-state index is 0.369. The average molecular weight is 223 g/mol. The molecule has 0 bridgehead atoms. The highest BCUT2D eigenvalue weighted by atomic mass is 16.3. The van der Waals surface area contributed by atoms with Crippen LogP contribution < -0.4 is 5.32 Å². The molecule has 1 aliphatic rings. The SMILES string of the molecule is OC(c1ccccc1)C1CNC[C@@H](O)[C@@H]1O. The van der Waals surface area contributed by atoms with E-state index in [0.717, 1.165) is 5.56 Å². The second-order valence-electron chi connectivity index (χ2n) is 4.24. The first-order valence-electron chi connectivity index (χ1n) is 5.50. The number of piperidine rings is 1. The summed E-state index contributed by atoms with van der Waals surface area (Å²) in [6, 6.07) is 9.20. The van der Waals surface area contributed by atoms with Gasteiger partial charge in [-0.05, 0) is 5.56 Å². The van der Waals surface area contributed by atoms with Crippen LogP contribution in [0.1, 0.15) is 11.7 Å². The van der Waals surface area contributed by atoms with Crippen molar-refractivity contribution in [2.45, 2.75) is 18.3 Å². The summed E-state index contributed by atoms with van der Waals surface area (Å²) >= 11 is 0. The zero-order valence-electron chi connectivity index (χ0n) is 8.95. The second-order valence-corrected chi connectivity index (χ2v) is 4.24. The van der Waals surface area contributed by atoms with Crippen molar-refractivity contribution in [3.8, 4) is 0 Å². The van der Waals surface area contributed by atoms with E-state index < -0.39 is 18.3 Å². The Morgan fingerprint density at radius 1 is 1.12 bits per heavy atom. The lowest BCUT2D eigenvalue weighted by molar-refractivity contribution is -0.0748. The van der Waals surface area contributed by atoms with Gasteiger partial charge in [-0.1, -0.05) is 30.3 Å². The van der Waals surface area contributed by atoms with Crippen molar-refractivity contribution in [2.24, 2.45) is 5.92 Å². The van der Waals surface area contributed by atoms with Crippen LogP contribution in [0, 0.1) is 5.92 Å². The summed E-state index contributed by atoms with van der Waals surface area (Å²) < 4.78 is 0. The molecule has 16 heavy (non-hydrogen) atoms. The van der Waals surface area contributed by atoms with Gasteiger partial charge in [0.25, 0.3) is 0 Å². The summed E-state index contributed by atoms with van der Waals surface area (Å²) in [4.78, 5) is 0. The van der Waals surface area contributed by atoms with E-state index in [4.69, 9.17) is 0 Å². The van der Waals surface area contributed by atoms with Gasteiger partial charge in [-0.2, -0.15) is 0 Å². The molecule has 0 saturated carbocycles. The van der Waals surface area contributed by atoms with Gasteiger partial charge >= 0.3 is 0 Å². The number of benzene rings is 1. The summed E-state index contributed by atoms with van der Waals surface area (Å²) in [7, 11) is 0. The van der Waals surface area contributed by atoms with Gasteiger partial charge in [0.15, 0.2) is 0 Å². The molecule has 1 aromatic carbocycles. The van der Waals surface area contributed by atoms with Crippen LogP contribution >= 0.6 is 0 Å². The molecule has 1 saturated heterocycles. The Bertz CT molecular complexity index is 330. The van der Waals surface area contributed by atoms with Crippen LogP contribution in [0.15, 0.2) is 30.3 Å². The zero-order chi connectivity index (χ0) is 11.5. The molecular weight excluding hydrogens is 206 g/mol. The van der Waals surface area contributed by atoms with Crippen molar-refractivity contribution in [3.05, 3.63) is 35.9 Å². The largest absolute Gasteiger partial charge is 0.390 e. The fraction of sp³-hybridized carbons (Fsp3) is 0.500. The molecule has 0 spiro atoms. The molecule has 2 rings (SSSR count). The number of hydrogen-bond donors (Lipinski definition) is 4. The van der Waals surface area contributed by atoms with Gasteiger partial charge in [0.05, 0.1) is 18.3 Å². The molecule has 1 heterocycles. The van der Waals surface area contributed by atoms with Crippen LogP contribution in [0.5, 0.6) is 0 Å². The van der Waals surface area contributed by atoms with Crippen LogP contribution in [-0.2, 0) is 0 Å². The molecule has 0 aliphatic carbocycles. The zero-order valence-corrected chi connectivity index (χ0v) is 8.95. The number of aliphatic hydroxyl groups is 3. The smallest absolute Gasteiger partial charge is 0.0927 e. The Morgan fingerprint density at radius 2 is 1.81 bits per heavy atom. The van der Waals surface area contributed by atoms with Gasteiger partial charge in [-0.3, -0.25) is 0 Å². The molecule has 0 aromatic heterocycles. The van der Waals surface area contributed by atoms with Gasteiger partial charge < -0.3 is 20.6 Å². The summed E-state index contributed by atoms with van der Waals surface area (Å²) in [5, 5.41) is 32.5. The number of hydrogen-bond acceptors (Lipinski definition) is 4. The summed E-state index contributed by atoms with van der Waals surface area (Å²) in [6.07, 6.45) is -2.44. The molecule has 88 valence electrons. The maximum absolute atomic E-state index is 10.1. The van der Waals surface area contributed by atoms with Gasteiger partial charge in [-0.25, -0.2) is 0 Å². The predicted molar refractivity (Wildman–Crippen MR) is 59.8 cm³/mol. The first-order chi connectivity index (χ1) is 7.70. The quantitative estimate of drug-likeness (QED) is 0.553. The highest BCUT2D eigenvalue weighted by molar-refractivity contribution is 5.18. The summed E-state index contributed by atoms with van der Waals surface area (Å²) in [5.74, 6) is -0.369. The van der Waals surface area contributed by atoms with Gasteiger partial charge in [0.1, 0.15) is 0 Å². The Kier molecular flexibility index (Phi) is 3.56. The van der Waals surface area contributed by atoms with E-state index in [0.29, 0.717) is 13.1 Å². The van der Waals surface area contributed by atoms with Crippen LogP contribution in [0.25, 0.3) is 0 Å². The van der Waals surface area contributed by atoms with E-state index in [1.165, 1.54) is 0 Å². The standard InChI is InChI=1S/C12H17NO3/c14-10-7-13-6-9(12(10)16)11(15)8-4-2-1-3-5-8/h1-5,9-16H,6-7H2/t9?,10-,11?,12-/m1/s1. The average Bonchev–Trinajstić information content (AvgIpc) is 2.33. The van der Waals surface area contributed by atoms with E-state index in [9.17, 15) is 15.3 Å². The van der Waals surface area contributed by atoms with E-state index in [1.807, 2.05) is 30.3 Å². The van der Waals surface area contributed by atoms with Gasteiger partial charge in [-0.15, -0.1) is 0 Å². The highest BCUT2D eigenvalue weighted by Crippen LogP contribution is 2.27. The van der Waals surface area contributed by atoms with Crippen molar-refractivity contribution in [3.63, 3.8) is 0 Å². The van der Waals surface area contributed by atoms with Crippen molar-refractivity contribution in [1.82, 2.24) is 5.32 Å². The van der Waals surface area contributed by atoms with E-state index in [2.05, 4.69) is 5.32 Å². The van der Waals surface area contributed by atoms with Crippen molar-refractivity contribution in [1.29, 1.82) is 0 Å². The lowest BCUT2D eigenvalue weighted by atomic mass is 9.86.